The van der Waals surface area contributed by atoms with Crippen molar-refractivity contribution in [3.05, 3.63) is 28.7 Å². The van der Waals surface area contributed by atoms with E-state index < -0.39 is 23.6 Å². The highest BCUT2D eigenvalue weighted by Gasteiger charge is 2.33. The SMILES string of the molecule is CCOC(=O)C(C)c1nnc2c(Cl)cc(C(F)(F)F)cn12. The molecule has 0 N–H and O–H groups in total. The monoisotopic (exact) mass is 321 g/mol. The van der Waals surface area contributed by atoms with Crippen molar-refractivity contribution >= 4 is 23.2 Å². The van der Waals surface area contributed by atoms with Gasteiger partial charge in [0.15, 0.2) is 11.5 Å². The van der Waals surface area contributed by atoms with E-state index in [2.05, 4.69) is 10.2 Å². The Balaban J connectivity index is 2.56. The Morgan fingerprint density at radius 1 is 1.48 bits per heavy atom. The minimum atomic E-state index is -4.56. The van der Waals surface area contributed by atoms with E-state index in [1.54, 1.807) is 6.92 Å². The van der Waals surface area contributed by atoms with Crippen molar-refractivity contribution in [1.29, 1.82) is 0 Å². The van der Waals surface area contributed by atoms with Gasteiger partial charge in [0.25, 0.3) is 0 Å². The standard InChI is InChI=1S/C12H11ClF3N3O2/c1-3-21-11(20)6(2)9-17-18-10-8(13)4-7(5-19(9)10)12(14,15)16/h4-6H,3H2,1-2H3. The van der Waals surface area contributed by atoms with E-state index in [0.29, 0.717) is 0 Å². The van der Waals surface area contributed by atoms with Crippen molar-refractivity contribution < 1.29 is 22.7 Å². The van der Waals surface area contributed by atoms with Gasteiger partial charge in [-0.05, 0) is 19.9 Å². The Labute approximate surface area is 122 Å². The molecule has 1 atom stereocenters. The third-order valence-corrected chi connectivity index (χ3v) is 3.12. The second kappa shape index (κ2) is 5.51. The number of alkyl halides is 3. The Morgan fingerprint density at radius 3 is 2.71 bits per heavy atom. The minimum Gasteiger partial charge on any atom is -0.465 e. The number of hydrogen-bond donors (Lipinski definition) is 0. The number of nitrogens with zero attached hydrogens (tertiary/aromatic N) is 3. The van der Waals surface area contributed by atoms with E-state index in [1.165, 1.54) is 6.92 Å². The average molecular weight is 322 g/mol. The highest BCUT2D eigenvalue weighted by Crippen LogP contribution is 2.32. The number of carbonyl (C=O) groups excluding carboxylic acids is 1. The number of aromatic nitrogens is 3. The van der Waals surface area contributed by atoms with Crippen molar-refractivity contribution in [3.8, 4) is 0 Å². The van der Waals surface area contributed by atoms with Crippen LogP contribution in [0.2, 0.25) is 5.02 Å². The van der Waals surface area contributed by atoms with Crippen LogP contribution in [0.5, 0.6) is 0 Å². The van der Waals surface area contributed by atoms with E-state index in [0.717, 1.165) is 16.7 Å². The van der Waals surface area contributed by atoms with Gasteiger partial charge in [-0.1, -0.05) is 11.6 Å². The van der Waals surface area contributed by atoms with Crippen LogP contribution in [0.3, 0.4) is 0 Å². The van der Waals surface area contributed by atoms with Gasteiger partial charge in [0.05, 0.1) is 17.2 Å². The largest absolute Gasteiger partial charge is 0.465 e. The summed E-state index contributed by atoms with van der Waals surface area (Å²) < 4.78 is 44.3. The molecule has 2 rings (SSSR count). The van der Waals surface area contributed by atoms with E-state index >= 15 is 0 Å². The molecule has 0 spiro atoms. The zero-order valence-electron chi connectivity index (χ0n) is 11.1. The number of hydrogen-bond acceptors (Lipinski definition) is 4. The Morgan fingerprint density at radius 2 is 2.14 bits per heavy atom. The topological polar surface area (TPSA) is 56.5 Å². The van der Waals surface area contributed by atoms with Crippen LogP contribution in [0, 0.1) is 0 Å². The van der Waals surface area contributed by atoms with Crippen LogP contribution in [-0.4, -0.2) is 27.2 Å². The van der Waals surface area contributed by atoms with Crippen molar-refractivity contribution in [3.63, 3.8) is 0 Å². The average Bonchev–Trinajstić information content (AvgIpc) is 2.81. The molecule has 0 amide bonds. The summed E-state index contributed by atoms with van der Waals surface area (Å²) in [4.78, 5) is 11.7. The summed E-state index contributed by atoms with van der Waals surface area (Å²) in [6.07, 6.45) is -3.75. The number of carbonyl (C=O) groups is 1. The first kappa shape index (κ1) is 15.6. The summed E-state index contributed by atoms with van der Waals surface area (Å²) in [6, 6.07) is 0.768. The van der Waals surface area contributed by atoms with E-state index in [1.807, 2.05) is 0 Å². The molecule has 0 radical (unpaired) electrons. The number of ether oxygens (including phenoxy) is 1. The van der Waals surface area contributed by atoms with Crippen molar-refractivity contribution in [2.75, 3.05) is 6.61 Å². The Kier molecular flexibility index (Phi) is 4.08. The molecule has 2 aromatic rings. The Hall–Kier alpha value is -1.83. The van der Waals surface area contributed by atoms with Crippen molar-refractivity contribution in [2.24, 2.45) is 0 Å². The normalized spacial score (nSPS) is 13.4. The lowest BCUT2D eigenvalue weighted by Crippen LogP contribution is -2.16. The van der Waals surface area contributed by atoms with Crippen LogP contribution in [0.1, 0.15) is 31.2 Å². The molecule has 0 fully saturated rings. The maximum atomic E-state index is 12.8. The zero-order chi connectivity index (χ0) is 15.8. The highest BCUT2D eigenvalue weighted by atomic mass is 35.5. The molecule has 0 aromatic carbocycles. The second-order valence-corrected chi connectivity index (χ2v) is 4.71. The van der Waals surface area contributed by atoms with E-state index in [-0.39, 0.29) is 23.1 Å². The molecule has 5 nitrogen and oxygen atoms in total. The number of esters is 1. The molecule has 9 heteroatoms. The molecule has 2 aromatic heterocycles. The van der Waals surface area contributed by atoms with Gasteiger partial charge < -0.3 is 4.74 Å². The van der Waals surface area contributed by atoms with Gasteiger partial charge in [-0.3, -0.25) is 9.20 Å². The van der Waals surface area contributed by atoms with Crippen LogP contribution >= 0.6 is 11.6 Å². The quantitative estimate of drug-likeness (QED) is 0.815. The zero-order valence-corrected chi connectivity index (χ0v) is 11.9. The molecule has 0 aliphatic heterocycles. The molecule has 2 heterocycles. The maximum absolute atomic E-state index is 12.8. The molecule has 21 heavy (non-hydrogen) atoms. The summed E-state index contributed by atoms with van der Waals surface area (Å²) in [7, 11) is 0. The van der Waals surface area contributed by atoms with Gasteiger partial charge in [0.1, 0.15) is 5.92 Å². The van der Waals surface area contributed by atoms with Crippen molar-refractivity contribution in [2.45, 2.75) is 25.9 Å². The molecule has 114 valence electrons. The first-order valence-corrected chi connectivity index (χ1v) is 6.41. The predicted molar refractivity (Wildman–Crippen MR) is 68.0 cm³/mol. The maximum Gasteiger partial charge on any atom is 0.417 e. The second-order valence-electron chi connectivity index (χ2n) is 4.30. The number of rotatable bonds is 3. The van der Waals surface area contributed by atoms with Gasteiger partial charge in [-0.15, -0.1) is 10.2 Å². The third kappa shape index (κ3) is 2.94. The molecule has 0 aliphatic rings. The van der Waals surface area contributed by atoms with E-state index in [9.17, 15) is 18.0 Å². The lowest BCUT2D eigenvalue weighted by molar-refractivity contribution is -0.144. The van der Waals surface area contributed by atoms with Crippen LogP contribution in [0.25, 0.3) is 5.65 Å². The summed E-state index contributed by atoms with van der Waals surface area (Å²) in [5, 5.41) is 7.26. The third-order valence-electron chi connectivity index (χ3n) is 2.84. The highest BCUT2D eigenvalue weighted by molar-refractivity contribution is 6.33. The van der Waals surface area contributed by atoms with Gasteiger partial charge in [0.2, 0.25) is 0 Å². The minimum absolute atomic E-state index is 0.0384. The first-order valence-electron chi connectivity index (χ1n) is 6.03. The Bertz CT molecular complexity index is 684. The molecular weight excluding hydrogens is 311 g/mol. The smallest absolute Gasteiger partial charge is 0.417 e. The molecule has 0 bridgehead atoms. The fourth-order valence-electron chi connectivity index (χ4n) is 1.79. The predicted octanol–water partition coefficient (Wildman–Crippen LogP) is 3.07. The van der Waals surface area contributed by atoms with Gasteiger partial charge in [-0.2, -0.15) is 13.2 Å². The van der Waals surface area contributed by atoms with Crippen LogP contribution in [-0.2, 0) is 15.7 Å². The van der Waals surface area contributed by atoms with E-state index in [4.69, 9.17) is 16.3 Å². The molecule has 0 saturated heterocycles. The van der Waals surface area contributed by atoms with Crippen LogP contribution in [0.4, 0.5) is 13.2 Å². The fourth-order valence-corrected chi connectivity index (χ4v) is 2.04. The molecule has 1 unspecified atom stereocenters. The fraction of sp³-hybridized carbons (Fsp3) is 0.417. The summed E-state index contributed by atoms with van der Waals surface area (Å²) in [5.41, 5.74) is -0.895. The summed E-state index contributed by atoms with van der Waals surface area (Å²) >= 11 is 5.79. The number of fused-ring (bicyclic) bond motifs is 1. The van der Waals surface area contributed by atoms with Gasteiger partial charge >= 0.3 is 12.1 Å². The lowest BCUT2D eigenvalue weighted by atomic mass is 10.1. The van der Waals surface area contributed by atoms with Crippen LogP contribution in [0.15, 0.2) is 12.3 Å². The van der Waals surface area contributed by atoms with Crippen LogP contribution < -0.4 is 0 Å². The number of pyridine rings is 1. The molecule has 0 saturated carbocycles. The number of halogens is 4. The van der Waals surface area contributed by atoms with Gasteiger partial charge in [0, 0.05) is 6.20 Å². The molecular formula is C12H11ClF3N3O2. The van der Waals surface area contributed by atoms with Gasteiger partial charge in [-0.25, -0.2) is 0 Å². The lowest BCUT2D eigenvalue weighted by Gasteiger charge is -2.11. The first-order chi connectivity index (χ1) is 9.75. The summed E-state index contributed by atoms with van der Waals surface area (Å²) in [5.74, 6) is -1.42. The summed E-state index contributed by atoms with van der Waals surface area (Å²) in [6.45, 7) is 3.27. The molecule has 0 aliphatic carbocycles. The van der Waals surface area contributed by atoms with Crippen molar-refractivity contribution in [1.82, 2.24) is 14.6 Å².